The fraction of sp³-hybridized carbons (Fsp3) is 0.417. The summed E-state index contributed by atoms with van der Waals surface area (Å²) in [5.74, 6) is 0.388. The van der Waals surface area contributed by atoms with Crippen molar-refractivity contribution < 1.29 is 4.79 Å². The largest absolute Gasteiger partial charge is 0.369 e. The SMILES string of the molecule is CC(C)Cc1ccc(CC(N)=O)cc1. The highest BCUT2D eigenvalue weighted by Gasteiger charge is 2.00. The second kappa shape index (κ2) is 4.80. The molecule has 0 unspecified atom stereocenters. The van der Waals surface area contributed by atoms with Crippen molar-refractivity contribution >= 4 is 5.91 Å². The molecule has 1 aromatic rings. The molecule has 0 aliphatic rings. The molecule has 2 nitrogen and oxygen atoms in total. The van der Waals surface area contributed by atoms with Gasteiger partial charge in [-0.2, -0.15) is 0 Å². The number of hydrogen-bond donors (Lipinski definition) is 1. The van der Waals surface area contributed by atoms with Gasteiger partial charge in [-0.15, -0.1) is 0 Å². The van der Waals surface area contributed by atoms with Gasteiger partial charge in [-0.3, -0.25) is 4.79 Å². The van der Waals surface area contributed by atoms with E-state index >= 15 is 0 Å². The zero-order chi connectivity index (χ0) is 10.6. The third-order valence-corrected chi connectivity index (χ3v) is 2.05. The van der Waals surface area contributed by atoms with E-state index in [1.807, 2.05) is 12.1 Å². The van der Waals surface area contributed by atoms with Crippen molar-refractivity contribution in [2.24, 2.45) is 11.7 Å². The lowest BCUT2D eigenvalue weighted by atomic mass is 10.0. The van der Waals surface area contributed by atoms with Gasteiger partial charge in [0.25, 0.3) is 0 Å². The Labute approximate surface area is 85.1 Å². The summed E-state index contributed by atoms with van der Waals surface area (Å²) in [5, 5.41) is 0. The monoisotopic (exact) mass is 191 g/mol. The molecule has 0 radical (unpaired) electrons. The van der Waals surface area contributed by atoms with Crippen LogP contribution >= 0.6 is 0 Å². The van der Waals surface area contributed by atoms with Crippen molar-refractivity contribution in [1.82, 2.24) is 0 Å². The van der Waals surface area contributed by atoms with Crippen molar-refractivity contribution in [1.29, 1.82) is 0 Å². The second-order valence-corrected chi connectivity index (χ2v) is 4.06. The van der Waals surface area contributed by atoms with E-state index in [1.54, 1.807) is 0 Å². The minimum absolute atomic E-state index is 0.276. The highest BCUT2D eigenvalue weighted by Crippen LogP contribution is 2.09. The summed E-state index contributed by atoms with van der Waals surface area (Å²) in [6.45, 7) is 4.38. The summed E-state index contributed by atoms with van der Waals surface area (Å²) in [7, 11) is 0. The van der Waals surface area contributed by atoms with Crippen molar-refractivity contribution in [2.45, 2.75) is 26.7 Å². The molecule has 0 bridgehead atoms. The molecule has 2 heteroatoms. The number of carbonyl (C=O) groups excluding carboxylic acids is 1. The summed E-state index contributed by atoms with van der Waals surface area (Å²) < 4.78 is 0. The Morgan fingerprint density at radius 2 is 1.71 bits per heavy atom. The molecule has 0 atom stereocenters. The van der Waals surface area contributed by atoms with Crippen LogP contribution in [0.3, 0.4) is 0 Å². The lowest BCUT2D eigenvalue weighted by Crippen LogP contribution is -2.13. The third-order valence-electron chi connectivity index (χ3n) is 2.05. The number of carbonyl (C=O) groups is 1. The van der Waals surface area contributed by atoms with E-state index in [4.69, 9.17) is 5.73 Å². The lowest BCUT2D eigenvalue weighted by Gasteiger charge is -2.05. The van der Waals surface area contributed by atoms with Crippen molar-refractivity contribution in [2.75, 3.05) is 0 Å². The van der Waals surface area contributed by atoms with Crippen LogP contribution in [0.15, 0.2) is 24.3 Å². The number of primary amides is 1. The predicted molar refractivity (Wildman–Crippen MR) is 57.9 cm³/mol. The zero-order valence-electron chi connectivity index (χ0n) is 8.79. The van der Waals surface area contributed by atoms with Crippen LogP contribution in [0, 0.1) is 5.92 Å². The Morgan fingerprint density at radius 3 is 2.14 bits per heavy atom. The molecule has 2 N–H and O–H groups in total. The molecule has 14 heavy (non-hydrogen) atoms. The van der Waals surface area contributed by atoms with E-state index in [-0.39, 0.29) is 5.91 Å². The fourth-order valence-electron chi connectivity index (χ4n) is 1.47. The molecule has 0 heterocycles. The first-order valence-electron chi connectivity index (χ1n) is 4.94. The average Bonchev–Trinajstić information content (AvgIpc) is 2.06. The van der Waals surface area contributed by atoms with Crippen LogP contribution < -0.4 is 5.73 Å². The maximum Gasteiger partial charge on any atom is 0.221 e. The van der Waals surface area contributed by atoms with Crippen LogP contribution in [-0.2, 0) is 17.6 Å². The summed E-state index contributed by atoms with van der Waals surface area (Å²) in [6.07, 6.45) is 1.42. The Balaban J connectivity index is 2.63. The van der Waals surface area contributed by atoms with E-state index in [9.17, 15) is 4.79 Å². The van der Waals surface area contributed by atoms with Crippen LogP contribution in [0.5, 0.6) is 0 Å². The molecule has 0 spiro atoms. The van der Waals surface area contributed by atoms with Crippen molar-refractivity contribution in [3.63, 3.8) is 0 Å². The first kappa shape index (κ1) is 10.8. The zero-order valence-corrected chi connectivity index (χ0v) is 8.79. The molecule has 0 saturated carbocycles. The predicted octanol–water partition coefficient (Wildman–Crippen LogP) is 1.91. The van der Waals surface area contributed by atoms with Gasteiger partial charge in [-0.1, -0.05) is 38.1 Å². The Morgan fingerprint density at radius 1 is 1.21 bits per heavy atom. The molecule has 76 valence electrons. The molecule has 1 aromatic carbocycles. The number of benzene rings is 1. The Kier molecular flexibility index (Phi) is 3.69. The van der Waals surface area contributed by atoms with Gasteiger partial charge in [-0.05, 0) is 23.5 Å². The summed E-state index contributed by atoms with van der Waals surface area (Å²) >= 11 is 0. The number of rotatable bonds is 4. The van der Waals surface area contributed by atoms with E-state index in [0.29, 0.717) is 12.3 Å². The van der Waals surface area contributed by atoms with Crippen molar-refractivity contribution in [3.8, 4) is 0 Å². The van der Waals surface area contributed by atoms with Gasteiger partial charge < -0.3 is 5.73 Å². The van der Waals surface area contributed by atoms with Crippen LogP contribution in [0.2, 0.25) is 0 Å². The second-order valence-electron chi connectivity index (χ2n) is 4.06. The standard InChI is InChI=1S/C12H17NO/c1-9(2)7-10-3-5-11(6-4-10)8-12(13)14/h3-6,9H,7-8H2,1-2H3,(H2,13,14). The van der Waals surface area contributed by atoms with Gasteiger partial charge in [0.1, 0.15) is 0 Å². The normalized spacial score (nSPS) is 10.5. The molecule has 0 aromatic heterocycles. The highest BCUT2D eigenvalue weighted by atomic mass is 16.1. The van der Waals surface area contributed by atoms with Gasteiger partial charge in [0, 0.05) is 0 Å². The molecule has 0 aliphatic heterocycles. The maximum absolute atomic E-state index is 10.7. The van der Waals surface area contributed by atoms with Crippen molar-refractivity contribution in [3.05, 3.63) is 35.4 Å². The van der Waals surface area contributed by atoms with Gasteiger partial charge in [0.05, 0.1) is 6.42 Å². The van der Waals surface area contributed by atoms with Gasteiger partial charge in [0.2, 0.25) is 5.91 Å². The Bertz CT molecular complexity index is 301. The Hall–Kier alpha value is -1.31. The number of amides is 1. The maximum atomic E-state index is 10.7. The first-order valence-corrected chi connectivity index (χ1v) is 4.94. The summed E-state index contributed by atoms with van der Waals surface area (Å²) in [4.78, 5) is 10.7. The molecule has 0 fully saturated rings. The quantitative estimate of drug-likeness (QED) is 0.776. The van der Waals surface area contributed by atoms with E-state index in [0.717, 1.165) is 12.0 Å². The molecule has 1 amide bonds. The minimum Gasteiger partial charge on any atom is -0.369 e. The topological polar surface area (TPSA) is 43.1 Å². The lowest BCUT2D eigenvalue weighted by molar-refractivity contribution is -0.117. The highest BCUT2D eigenvalue weighted by molar-refractivity contribution is 5.76. The van der Waals surface area contributed by atoms with Crippen LogP contribution in [-0.4, -0.2) is 5.91 Å². The smallest absolute Gasteiger partial charge is 0.221 e. The van der Waals surface area contributed by atoms with E-state index in [1.165, 1.54) is 5.56 Å². The molecular formula is C12H17NO. The van der Waals surface area contributed by atoms with Gasteiger partial charge in [-0.25, -0.2) is 0 Å². The van der Waals surface area contributed by atoms with Crippen LogP contribution in [0.1, 0.15) is 25.0 Å². The molecule has 0 saturated heterocycles. The molecule has 0 aliphatic carbocycles. The minimum atomic E-state index is -0.276. The summed E-state index contributed by atoms with van der Waals surface area (Å²) in [6, 6.07) is 8.08. The summed E-state index contributed by atoms with van der Waals surface area (Å²) in [5.41, 5.74) is 7.41. The fourth-order valence-corrected chi connectivity index (χ4v) is 1.47. The van der Waals surface area contributed by atoms with E-state index in [2.05, 4.69) is 26.0 Å². The van der Waals surface area contributed by atoms with Crippen LogP contribution in [0.25, 0.3) is 0 Å². The number of nitrogens with two attached hydrogens (primary N) is 1. The molecular weight excluding hydrogens is 174 g/mol. The first-order chi connectivity index (χ1) is 6.58. The van der Waals surface area contributed by atoms with Crippen LogP contribution in [0.4, 0.5) is 0 Å². The van der Waals surface area contributed by atoms with Gasteiger partial charge >= 0.3 is 0 Å². The van der Waals surface area contributed by atoms with Gasteiger partial charge in [0.15, 0.2) is 0 Å². The van der Waals surface area contributed by atoms with E-state index < -0.39 is 0 Å². The third kappa shape index (κ3) is 3.60. The molecule has 1 rings (SSSR count). The average molecular weight is 191 g/mol. The number of hydrogen-bond acceptors (Lipinski definition) is 1.